The molecule has 0 unspecified atom stereocenters. The lowest BCUT2D eigenvalue weighted by Crippen LogP contribution is -2.40. The van der Waals surface area contributed by atoms with Gasteiger partial charge in [0.15, 0.2) is 0 Å². The van der Waals surface area contributed by atoms with Gasteiger partial charge in [-0.05, 0) is 25.7 Å². The highest BCUT2D eigenvalue weighted by atomic mass is 32.2. The number of aromatic nitrogens is 2. The lowest BCUT2D eigenvalue weighted by molar-refractivity contribution is -0.132. The molecule has 2 aliphatic heterocycles. The van der Waals surface area contributed by atoms with Crippen LogP contribution in [0.25, 0.3) is 0 Å². The summed E-state index contributed by atoms with van der Waals surface area (Å²) < 4.78 is 0. The van der Waals surface area contributed by atoms with Crippen molar-refractivity contribution in [1.29, 1.82) is 0 Å². The van der Waals surface area contributed by atoms with Crippen LogP contribution in [-0.2, 0) is 4.79 Å². The molecule has 0 N–H and O–H groups in total. The molecule has 1 amide bonds. The second-order valence-electron chi connectivity index (χ2n) is 5.73. The highest BCUT2D eigenvalue weighted by Gasteiger charge is 2.25. The zero-order valence-corrected chi connectivity index (χ0v) is 14.1. The van der Waals surface area contributed by atoms with E-state index < -0.39 is 0 Å². The van der Waals surface area contributed by atoms with Crippen LogP contribution in [0.4, 0.5) is 5.13 Å². The van der Waals surface area contributed by atoms with E-state index in [4.69, 9.17) is 0 Å². The molecular weight excluding hydrogens is 304 g/mol. The van der Waals surface area contributed by atoms with E-state index in [1.807, 2.05) is 18.7 Å². The van der Waals surface area contributed by atoms with E-state index in [-0.39, 0.29) is 0 Å². The molecule has 1 aromatic rings. The molecule has 0 radical (unpaired) electrons. The zero-order chi connectivity index (χ0) is 14.7. The van der Waals surface area contributed by atoms with Crippen LogP contribution in [-0.4, -0.2) is 58.7 Å². The third-order valence-corrected chi connectivity index (χ3v) is 6.07. The number of hydrogen-bond acceptors (Lipinski definition) is 6. The Labute approximate surface area is 134 Å². The van der Waals surface area contributed by atoms with Crippen molar-refractivity contribution in [2.75, 3.05) is 42.6 Å². The molecule has 7 heteroatoms. The Morgan fingerprint density at radius 1 is 1.19 bits per heavy atom. The summed E-state index contributed by atoms with van der Waals surface area (Å²) in [6.45, 7) is 5.87. The first kappa shape index (κ1) is 15.1. The molecule has 2 fully saturated rings. The summed E-state index contributed by atoms with van der Waals surface area (Å²) >= 11 is 3.61. The van der Waals surface area contributed by atoms with Crippen LogP contribution >= 0.6 is 23.1 Å². The van der Waals surface area contributed by atoms with E-state index in [1.165, 1.54) is 0 Å². The topological polar surface area (TPSA) is 49.3 Å². The van der Waals surface area contributed by atoms with E-state index in [2.05, 4.69) is 20.0 Å². The van der Waals surface area contributed by atoms with Crippen molar-refractivity contribution in [2.45, 2.75) is 26.2 Å². The van der Waals surface area contributed by atoms with Crippen LogP contribution in [0.1, 0.15) is 24.3 Å². The molecule has 2 saturated heterocycles. The van der Waals surface area contributed by atoms with Gasteiger partial charge in [0.2, 0.25) is 11.0 Å². The van der Waals surface area contributed by atoms with E-state index in [0.717, 1.165) is 67.1 Å². The van der Waals surface area contributed by atoms with Gasteiger partial charge in [0.25, 0.3) is 0 Å². The fraction of sp³-hybridized carbons (Fsp3) is 0.786. The summed E-state index contributed by atoms with van der Waals surface area (Å²) in [5, 5.41) is 10.4. The van der Waals surface area contributed by atoms with Crippen molar-refractivity contribution in [3.05, 3.63) is 5.01 Å². The van der Waals surface area contributed by atoms with Crippen LogP contribution in [0, 0.1) is 12.8 Å². The molecule has 2 aliphatic rings. The van der Waals surface area contributed by atoms with Crippen molar-refractivity contribution in [1.82, 2.24) is 15.1 Å². The lowest BCUT2D eigenvalue weighted by Gasteiger charge is -2.33. The van der Waals surface area contributed by atoms with Crippen molar-refractivity contribution in [3.8, 4) is 0 Å². The zero-order valence-electron chi connectivity index (χ0n) is 12.5. The van der Waals surface area contributed by atoms with E-state index in [9.17, 15) is 4.79 Å². The van der Waals surface area contributed by atoms with E-state index in [1.54, 1.807) is 11.3 Å². The molecule has 21 heavy (non-hydrogen) atoms. The lowest BCUT2D eigenvalue weighted by atomic mass is 9.93. The molecule has 0 spiro atoms. The van der Waals surface area contributed by atoms with Gasteiger partial charge in [0.1, 0.15) is 5.01 Å². The second kappa shape index (κ2) is 6.96. The van der Waals surface area contributed by atoms with Gasteiger partial charge in [-0.15, -0.1) is 10.2 Å². The molecule has 3 rings (SSSR count). The first-order valence-electron chi connectivity index (χ1n) is 7.63. The predicted octanol–water partition coefficient (Wildman–Crippen LogP) is 2.03. The number of thioether (sulfide) groups is 1. The van der Waals surface area contributed by atoms with Crippen molar-refractivity contribution in [2.24, 2.45) is 5.92 Å². The first-order valence-corrected chi connectivity index (χ1v) is 9.60. The normalized spacial score (nSPS) is 20.8. The molecule has 5 nitrogen and oxygen atoms in total. The van der Waals surface area contributed by atoms with Gasteiger partial charge in [-0.1, -0.05) is 11.3 Å². The van der Waals surface area contributed by atoms with Crippen LogP contribution in [0.3, 0.4) is 0 Å². The van der Waals surface area contributed by atoms with Crippen molar-refractivity contribution >= 4 is 34.1 Å². The number of carbonyl (C=O) groups excluding carboxylic acids is 1. The summed E-state index contributed by atoms with van der Waals surface area (Å²) in [7, 11) is 0. The van der Waals surface area contributed by atoms with E-state index >= 15 is 0 Å². The number of hydrogen-bond donors (Lipinski definition) is 0. The van der Waals surface area contributed by atoms with Crippen molar-refractivity contribution in [3.63, 3.8) is 0 Å². The predicted molar refractivity (Wildman–Crippen MR) is 88.1 cm³/mol. The molecule has 0 bridgehead atoms. The summed E-state index contributed by atoms with van der Waals surface area (Å²) in [5.41, 5.74) is 0. The number of amides is 1. The van der Waals surface area contributed by atoms with Gasteiger partial charge in [-0.2, -0.15) is 11.8 Å². The Hall–Kier alpha value is -0.820. The smallest absolute Gasteiger partial charge is 0.222 e. The number of piperidine rings is 1. The Balaban J connectivity index is 1.46. The molecular formula is C14H22N4OS2. The minimum absolute atomic E-state index is 0.362. The molecule has 1 aromatic heterocycles. The summed E-state index contributed by atoms with van der Waals surface area (Å²) in [6.07, 6.45) is 2.91. The molecule has 0 saturated carbocycles. The monoisotopic (exact) mass is 326 g/mol. The maximum atomic E-state index is 12.3. The summed E-state index contributed by atoms with van der Waals surface area (Å²) in [5.74, 6) is 3.10. The fourth-order valence-electron chi connectivity index (χ4n) is 2.93. The van der Waals surface area contributed by atoms with Gasteiger partial charge in [0.05, 0.1) is 0 Å². The minimum atomic E-state index is 0.362. The van der Waals surface area contributed by atoms with Crippen LogP contribution in [0.5, 0.6) is 0 Å². The highest BCUT2D eigenvalue weighted by Crippen LogP contribution is 2.27. The SMILES string of the molecule is Cc1nnc(N2CCC(CC(=O)N3CCSCC3)CC2)s1. The van der Waals surface area contributed by atoms with Crippen molar-refractivity contribution < 1.29 is 4.79 Å². The Bertz CT molecular complexity index is 479. The number of aryl methyl sites for hydroxylation is 1. The highest BCUT2D eigenvalue weighted by molar-refractivity contribution is 7.99. The first-order chi connectivity index (χ1) is 10.2. The van der Waals surface area contributed by atoms with Crippen LogP contribution in [0.2, 0.25) is 0 Å². The fourth-order valence-corrected chi connectivity index (χ4v) is 4.57. The average molecular weight is 326 g/mol. The summed E-state index contributed by atoms with van der Waals surface area (Å²) in [6, 6.07) is 0. The number of anilines is 1. The third-order valence-electron chi connectivity index (χ3n) is 4.23. The van der Waals surface area contributed by atoms with Gasteiger partial charge < -0.3 is 9.80 Å². The molecule has 0 atom stereocenters. The number of rotatable bonds is 3. The standard InChI is InChI=1S/C14H22N4OS2/c1-11-15-16-14(21-11)18-4-2-12(3-5-18)10-13(19)17-6-8-20-9-7-17/h12H,2-10H2,1H3. The van der Waals surface area contributed by atoms with Gasteiger partial charge in [-0.25, -0.2) is 0 Å². The Kier molecular flexibility index (Phi) is 5.00. The average Bonchev–Trinajstić information content (AvgIpc) is 2.95. The number of carbonyl (C=O) groups is 1. The maximum Gasteiger partial charge on any atom is 0.222 e. The van der Waals surface area contributed by atoms with Gasteiger partial charge in [0, 0.05) is 44.1 Å². The molecule has 3 heterocycles. The molecule has 116 valence electrons. The number of nitrogens with zero attached hydrogens (tertiary/aromatic N) is 4. The quantitative estimate of drug-likeness (QED) is 0.850. The largest absolute Gasteiger partial charge is 0.347 e. The maximum absolute atomic E-state index is 12.3. The Morgan fingerprint density at radius 2 is 1.90 bits per heavy atom. The van der Waals surface area contributed by atoms with Crippen LogP contribution in [0.15, 0.2) is 0 Å². The molecule has 0 aliphatic carbocycles. The van der Waals surface area contributed by atoms with Crippen LogP contribution < -0.4 is 4.90 Å². The summed E-state index contributed by atoms with van der Waals surface area (Å²) in [4.78, 5) is 16.7. The van der Waals surface area contributed by atoms with Gasteiger partial charge >= 0.3 is 0 Å². The Morgan fingerprint density at radius 3 is 2.52 bits per heavy atom. The minimum Gasteiger partial charge on any atom is -0.347 e. The van der Waals surface area contributed by atoms with Gasteiger partial charge in [-0.3, -0.25) is 4.79 Å². The van der Waals surface area contributed by atoms with E-state index in [0.29, 0.717) is 11.8 Å². The third kappa shape index (κ3) is 3.88. The molecule has 0 aromatic carbocycles. The second-order valence-corrected chi connectivity index (χ2v) is 8.12.